The van der Waals surface area contributed by atoms with Gasteiger partial charge in [0, 0.05) is 25.8 Å². The molecule has 0 aromatic heterocycles. The SMILES string of the molecule is CCCCOc1cc(OCCCN(CC)CC)ccc1NC(=O)C(N)CC1CCOCC1. The van der Waals surface area contributed by atoms with Crippen LogP contribution in [0.25, 0.3) is 0 Å². The Bertz CT molecular complexity index is 661. The van der Waals surface area contributed by atoms with Gasteiger partial charge in [0.1, 0.15) is 11.5 Å². The average molecular weight is 450 g/mol. The number of unbranched alkanes of at least 4 members (excludes halogenated alkanes) is 1. The van der Waals surface area contributed by atoms with Gasteiger partial charge in [-0.25, -0.2) is 0 Å². The molecule has 1 aliphatic heterocycles. The third-order valence-corrected chi connectivity index (χ3v) is 6.01. The maximum Gasteiger partial charge on any atom is 0.241 e. The van der Waals surface area contributed by atoms with E-state index in [-0.39, 0.29) is 5.91 Å². The first-order valence-corrected chi connectivity index (χ1v) is 12.3. The molecule has 182 valence electrons. The number of anilines is 1. The minimum Gasteiger partial charge on any atom is -0.493 e. The first kappa shape index (κ1) is 26.4. The van der Waals surface area contributed by atoms with Crippen LogP contribution in [-0.2, 0) is 9.53 Å². The van der Waals surface area contributed by atoms with Gasteiger partial charge >= 0.3 is 0 Å². The van der Waals surface area contributed by atoms with Gasteiger partial charge in [0.25, 0.3) is 0 Å². The van der Waals surface area contributed by atoms with Gasteiger partial charge in [-0.1, -0.05) is 27.2 Å². The van der Waals surface area contributed by atoms with Crippen LogP contribution in [0.2, 0.25) is 0 Å². The third-order valence-electron chi connectivity index (χ3n) is 6.01. The maximum atomic E-state index is 12.7. The fourth-order valence-electron chi connectivity index (χ4n) is 3.83. The number of amides is 1. The number of nitrogens with two attached hydrogens (primary N) is 1. The maximum absolute atomic E-state index is 12.7. The summed E-state index contributed by atoms with van der Waals surface area (Å²) in [6.07, 6.45) is 5.56. The van der Waals surface area contributed by atoms with E-state index in [0.717, 1.165) is 70.7 Å². The largest absolute Gasteiger partial charge is 0.493 e. The van der Waals surface area contributed by atoms with Gasteiger partial charge in [0.15, 0.2) is 0 Å². The molecule has 1 unspecified atom stereocenters. The van der Waals surface area contributed by atoms with E-state index in [1.165, 1.54) is 0 Å². The highest BCUT2D eigenvalue weighted by Gasteiger charge is 2.22. The lowest BCUT2D eigenvalue weighted by Crippen LogP contribution is -2.38. The first-order chi connectivity index (χ1) is 15.6. The zero-order chi connectivity index (χ0) is 23.2. The summed E-state index contributed by atoms with van der Waals surface area (Å²) in [7, 11) is 0. The van der Waals surface area contributed by atoms with Crippen molar-refractivity contribution in [2.75, 3.05) is 51.4 Å². The number of benzene rings is 1. The molecule has 0 spiro atoms. The number of hydrogen-bond acceptors (Lipinski definition) is 6. The summed E-state index contributed by atoms with van der Waals surface area (Å²) in [5, 5.41) is 2.97. The van der Waals surface area contributed by atoms with Crippen LogP contribution in [0.3, 0.4) is 0 Å². The van der Waals surface area contributed by atoms with E-state index in [0.29, 0.717) is 37.0 Å². The number of rotatable bonds is 15. The zero-order valence-corrected chi connectivity index (χ0v) is 20.2. The summed E-state index contributed by atoms with van der Waals surface area (Å²) in [5.41, 5.74) is 6.85. The van der Waals surface area contributed by atoms with E-state index in [4.69, 9.17) is 19.9 Å². The Morgan fingerprint density at radius 3 is 2.56 bits per heavy atom. The molecule has 32 heavy (non-hydrogen) atoms. The highest BCUT2D eigenvalue weighted by atomic mass is 16.5. The molecule has 0 saturated carbocycles. The normalized spacial score (nSPS) is 15.5. The van der Waals surface area contributed by atoms with Gasteiger partial charge in [-0.15, -0.1) is 0 Å². The topological polar surface area (TPSA) is 86.1 Å². The monoisotopic (exact) mass is 449 g/mol. The smallest absolute Gasteiger partial charge is 0.241 e. The van der Waals surface area contributed by atoms with Crippen LogP contribution in [-0.4, -0.2) is 62.9 Å². The number of carbonyl (C=O) groups is 1. The third kappa shape index (κ3) is 9.35. The molecule has 1 aromatic carbocycles. The van der Waals surface area contributed by atoms with Gasteiger partial charge in [0.2, 0.25) is 5.91 Å². The average Bonchev–Trinajstić information content (AvgIpc) is 2.81. The van der Waals surface area contributed by atoms with Crippen molar-refractivity contribution in [1.29, 1.82) is 0 Å². The molecule has 7 heteroatoms. The molecule has 1 aromatic rings. The lowest BCUT2D eigenvalue weighted by Gasteiger charge is -2.24. The van der Waals surface area contributed by atoms with Gasteiger partial charge in [-0.2, -0.15) is 0 Å². The second kappa shape index (κ2) is 15.1. The summed E-state index contributed by atoms with van der Waals surface area (Å²) in [6.45, 7) is 12.3. The molecule has 1 atom stereocenters. The minimum atomic E-state index is -0.544. The van der Waals surface area contributed by atoms with E-state index in [1.54, 1.807) is 0 Å². The van der Waals surface area contributed by atoms with Crippen LogP contribution in [0, 0.1) is 5.92 Å². The molecule has 1 amide bonds. The predicted octanol–water partition coefficient (Wildman–Crippen LogP) is 4.06. The van der Waals surface area contributed by atoms with Crippen molar-refractivity contribution < 1.29 is 19.0 Å². The van der Waals surface area contributed by atoms with E-state index in [2.05, 4.69) is 31.0 Å². The Labute approximate surface area is 194 Å². The number of nitrogens with zero attached hydrogens (tertiary/aromatic N) is 1. The molecule has 0 aliphatic carbocycles. The number of hydrogen-bond donors (Lipinski definition) is 2. The van der Waals surface area contributed by atoms with Gasteiger partial charge in [0.05, 0.1) is 24.9 Å². The van der Waals surface area contributed by atoms with Crippen molar-refractivity contribution in [3.63, 3.8) is 0 Å². The van der Waals surface area contributed by atoms with Crippen molar-refractivity contribution in [2.24, 2.45) is 11.7 Å². The van der Waals surface area contributed by atoms with Crippen LogP contribution >= 0.6 is 0 Å². The fourth-order valence-corrected chi connectivity index (χ4v) is 3.83. The molecular weight excluding hydrogens is 406 g/mol. The first-order valence-electron chi connectivity index (χ1n) is 12.3. The second-order valence-corrected chi connectivity index (χ2v) is 8.48. The molecule has 1 aliphatic rings. The number of carbonyl (C=O) groups excluding carboxylic acids is 1. The Morgan fingerprint density at radius 2 is 1.88 bits per heavy atom. The van der Waals surface area contributed by atoms with Crippen molar-refractivity contribution in [2.45, 2.75) is 65.3 Å². The lowest BCUT2D eigenvalue weighted by atomic mass is 9.92. The molecule has 0 radical (unpaired) electrons. The molecule has 1 heterocycles. The Hall–Kier alpha value is -1.83. The Morgan fingerprint density at radius 1 is 1.16 bits per heavy atom. The molecule has 1 saturated heterocycles. The summed E-state index contributed by atoms with van der Waals surface area (Å²) in [6, 6.07) is 5.05. The molecule has 0 bridgehead atoms. The van der Waals surface area contributed by atoms with Crippen LogP contribution in [0.5, 0.6) is 11.5 Å². The van der Waals surface area contributed by atoms with Crippen LogP contribution in [0.15, 0.2) is 18.2 Å². The summed E-state index contributed by atoms with van der Waals surface area (Å²) in [5.74, 6) is 1.65. The van der Waals surface area contributed by atoms with E-state index in [1.807, 2.05) is 18.2 Å². The van der Waals surface area contributed by atoms with Crippen molar-refractivity contribution in [1.82, 2.24) is 4.90 Å². The van der Waals surface area contributed by atoms with Gasteiger partial charge in [-0.3, -0.25) is 4.79 Å². The lowest BCUT2D eigenvalue weighted by molar-refractivity contribution is -0.118. The summed E-state index contributed by atoms with van der Waals surface area (Å²) in [4.78, 5) is 15.1. The van der Waals surface area contributed by atoms with Crippen LogP contribution in [0.1, 0.15) is 59.3 Å². The summed E-state index contributed by atoms with van der Waals surface area (Å²) >= 11 is 0. The van der Waals surface area contributed by atoms with Gasteiger partial charge in [-0.05, 0) is 63.2 Å². The standard InChI is InChI=1S/C25H43N3O4/c1-4-7-14-32-24-19-21(31-15-8-13-28(5-2)6-3)9-10-23(24)27-25(29)22(26)18-20-11-16-30-17-12-20/h9-10,19-20,22H,4-8,11-18,26H2,1-3H3,(H,27,29). The van der Waals surface area contributed by atoms with E-state index in [9.17, 15) is 4.79 Å². The zero-order valence-electron chi connectivity index (χ0n) is 20.2. The fraction of sp³-hybridized carbons (Fsp3) is 0.720. The second-order valence-electron chi connectivity index (χ2n) is 8.48. The number of nitrogens with one attached hydrogen (secondary N) is 1. The summed E-state index contributed by atoms with van der Waals surface area (Å²) < 4.78 is 17.3. The Balaban J connectivity index is 1.94. The van der Waals surface area contributed by atoms with Crippen LogP contribution < -0.4 is 20.5 Å². The predicted molar refractivity (Wildman–Crippen MR) is 130 cm³/mol. The molecule has 3 N–H and O–H groups in total. The molecule has 2 rings (SSSR count). The van der Waals surface area contributed by atoms with Crippen molar-refractivity contribution >= 4 is 11.6 Å². The van der Waals surface area contributed by atoms with Crippen LogP contribution in [0.4, 0.5) is 5.69 Å². The quantitative estimate of drug-likeness (QED) is 0.393. The van der Waals surface area contributed by atoms with Crippen molar-refractivity contribution in [3.05, 3.63) is 18.2 Å². The highest BCUT2D eigenvalue weighted by molar-refractivity contribution is 5.96. The van der Waals surface area contributed by atoms with E-state index >= 15 is 0 Å². The Kier molecular flexibility index (Phi) is 12.5. The van der Waals surface area contributed by atoms with Gasteiger partial charge < -0.3 is 30.2 Å². The van der Waals surface area contributed by atoms with E-state index < -0.39 is 6.04 Å². The molecule has 1 fully saturated rings. The minimum absolute atomic E-state index is 0.176. The molecular formula is C25H43N3O4. The van der Waals surface area contributed by atoms with Crippen molar-refractivity contribution in [3.8, 4) is 11.5 Å². The highest BCUT2D eigenvalue weighted by Crippen LogP contribution is 2.30. The molecule has 7 nitrogen and oxygen atoms in total. The number of ether oxygens (including phenoxy) is 3.